The molecule has 0 aliphatic carbocycles. The molecule has 8 nitrogen and oxygen atoms in total. The van der Waals surface area contributed by atoms with Crippen LogP contribution in [-0.4, -0.2) is 44.9 Å². The van der Waals surface area contributed by atoms with E-state index in [0.717, 1.165) is 34.9 Å². The van der Waals surface area contributed by atoms with Crippen LogP contribution in [0.15, 0.2) is 41.4 Å². The van der Waals surface area contributed by atoms with Gasteiger partial charge in [-0.1, -0.05) is 31.7 Å². The molecule has 1 unspecified atom stereocenters. The molecule has 9 heteroatoms. The number of carbonyl (C=O) groups excluding carboxylic acids is 1. The van der Waals surface area contributed by atoms with Crippen molar-refractivity contribution >= 4 is 17.7 Å². The molecule has 0 spiro atoms. The average Bonchev–Trinajstić information content (AvgIpc) is 2.98. The van der Waals surface area contributed by atoms with Gasteiger partial charge < -0.3 is 14.8 Å². The van der Waals surface area contributed by atoms with E-state index in [0.29, 0.717) is 24.1 Å². The lowest BCUT2D eigenvalue weighted by atomic mass is 9.95. The number of amides is 1. The minimum Gasteiger partial charge on any atom is -0.490 e. The van der Waals surface area contributed by atoms with Crippen LogP contribution in [0.3, 0.4) is 0 Å². The Bertz CT molecular complexity index is 1110. The number of hydrogen-bond acceptors (Lipinski definition) is 7. The standard InChI is InChI=1S/C24H29N5O3S/c1-15(2)24(18-6-7-19-20(13-18)32-11-5-10-31-19)25-22(30)14-33-23-9-8-21(26-27-23)29-17(4)12-16(3)28-29/h6-9,12-13,15,24H,5,10-11,14H2,1-4H3,(H,25,30). The van der Waals surface area contributed by atoms with Gasteiger partial charge in [-0.15, -0.1) is 10.2 Å². The van der Waals surface area contributed by atoms with Crippen LogP contribution in [0.1, 0.15) is 43.3 Å². The fraction of sp³-hybridized carbons (Fsp3) is 0.417. The molecule has 0 saturated carbocycles. The number of aryl methyl sites for hydroxylation is 2. The molecule has 3 heterocycles. The van der Waals surface area contributed by atoms with Gasteiger partial charge in [0.2, 0.25) is 5.91 Å². The molecule has 1 aromatic carbocycles. The van der Waals surface area contributed by atoms with E-state index in [1.807, 2.05) is 50.2 Å². The fourth-order valence-electron chi connectivity index (χ4n) is 3.73. The van der Waals surface area contributed by atoms with Gasteiger partial charge >= 0.3 is 0 Å². The van der Waals surface area contributed by atoms with Gasteiger partial charge in [0.1, 0.15) is 5.03 Å². The van der Waals surface area contributed by atoms with Crippen molar-refractivity contribution in [3.05, 3.63) is 53.3 Å². The Morgan fingerprint density at radius 2 is 1.88 bits per heavy atom. The first-order chi connectivity index (χ1) is 15.9. The van der Waals surface area contributed by atoms with Crippen LogP contribution in [0.5, 0.6) is 11.5 Å². The highest BCUT2D eigenvalue weighted by Crippen LogP contribution is 2.34. The normalized spacial score (nSPS) is 14.1. The van der Waals surface area contributed by atoms with Crippen molar-refractivity contribution < 1.29 is 14.3 Å². The van der Waals surface area contributed by atoms with Gasteiger partial charge in [0.25, 0.3) is 0 Å². The second-order valence-corrected chi connectivity index (χ2v) is 9.40. The molecule has 4 rings (SSSR count). The summed E-state index contributed by atoms with van der Waals surface area (Å²) in [5.41, 5.74) is 2.93. The minimum absolute atomic E-state index is 0.0600. The number of nitrogens with one attached hydrogen (secondary N) is 1. The summed E-state index contributed by atoms with van der Waals surface area (Å²) in [6.07, 6.45) is 0.858. The Hall–Kier alpha value is -3.07. The molecule has 0 radical (unpaired) electrons. The molecule has 2 aromatic heterocycles. The van der Waals surface area contributed by atoms with Crippen molar-refractivity contribution in [1.29, 1.82) is 0 Å². The van der Waals surface area contributed by atoms with E-state index < -0.39 is 0 Å². The number of hydrogen-bond donors (Lipinski definition) is 1. The molecule has 1 amide bonds. The van der Waals surface area contributed by atoms with Gasteiger partial charge in [0.05, 0.1) is 30.7 Å². The van der Waals surface area contributed by atoms with Crippen LogP contribution < -0.4 is 14.8 Å². The Balaban J connectivity index is 1.38. The fourth-order valence-corrected chi connectivity index (χ4v) is 4.35. The van der Waals surface area contributed by atoms with Crippen molar-refractivity contribution in [2.45, 2.75) is 45.2 Å². The van der Waals surface area contributed by atoms with Crippen LogP contribution in [0.2, 0.25) is 0 Å². The number of nitrogens with zero attached hydrogens (tertiary/aromatic N) is 4. The third kappa shape index (κ3) is 5.65. The van der Waals surface area contributed by atoms with E-state index in [4.69, 9.17) is 9.47 Å². The molecule has 174 valence electrons. The Morgan fingerprint density at radius 1 is 1.09 bits per heavy atom. The highest BCUT2D eigenvalue weighted by atomic mass is 32.2. The SMILES string of the molecule is Cc1cc(C)n(-c2ccc(SCC(=O)NC(c3ccc4c(c3)OCCCO4)C(C)C)nn2)n1. The lowest BCUT2D eigenvalue weighted by Gasteiger charge is -2.24. The second kappa shape index (κ2) is 10.2. The van der Waals surface area contributed by atoms with Crippen molar-refractivity contribution in [2.75, 3.05) is 19.0 Å². The number of rotatable bonds is 7. The van der Waals surface area contributed by atoms with Crippen molar-refractivity contribution in [3.63, 3.8) is 0 Å². The highest BCUT2D eigenvalue weighted by molar-refractivity contribution is 7.99. The highest BCUT2D eigenvalue weighted by Gasteiger charge is 2.21. The number of benzene rings is 1. The molecule has 0 saturated heterocycles. The first-order valence-corrected chi connectivity index (χ1v) is 12.1. The summed E-state index contributed by atoms with van der Waals surface area (Å²) in [7, 11) is 0. The molecular formula is C24H29N5O3S. The summed E-state index contributed by atoms with van der Waals surface area (Å²) < 4.78 is 13.3. The van der Waals surface area contributed by atoms with E-state index in [9.17, 15) is 4.79 Å². The quantitative estimate of drug-likeness (QED) is 0.524. The molecule has 1 N–H and O–H groups in total. The van der Waals surface area contributed by atoms with Gasteiger partial charge in [0.15, 0.2) is 17.3 Å². The number of aromatic nitrogens is 4. The van der Waals surface area contributed by atoms with Crippen LogP contribution >= 0.6 is 11.8 Å². The Kier molecular flexibility index (Phi) is 7.17. The van der Waals surface area contributed by atoms with Gasteiger partial charge in [-0.05, 0) is 55.7 Å². The molecule has 1 aliphatic heterocycles. The van der Waals surface area contributed by atoms with Crippen LogP contribution in [0, 0.1) is 19.8 Å². The smallest absolute Gasteiger partial charge is 0.230 e. The summed E-state index contributed by atoms with van der Waals surface area (Å²) in [5, 5.41) is 16.8. The molecule has 1 atom stereocenters. The van der Waals surface area contributed by atoms with Gasteiger partial charge in [-0.25, -0.2) is 4.68 Å². The van der Waals surface area contributed by atoms with Crippen molar-refractivity contribution in [1.82, 2.24) is 25.3 Å². The molecule has 33 heavy (non-hydrogen) atoms. The van der Waals surface area contributed by atoms with E-state index in [1.54, 1.807) is 4.68 Å². The van der Waals surface area contributed by atoms with Crippen LogP contribution in [0.25, 0.3) is 5.82 Å². The zero-order valence-electron chi connectivity index (χ0n) is 19.4. The monoisotopic (exact) mass is 467 g/mol. The van der Waals surface area contributed by atoms with Gasteiger partial charge in [-0.2, -0.15) is 5.10 Å². The maximum atomic E-state index is 12.7. The van der Waals surface area contributed by atoms with Crippen LogP contribution in [0.4, 0.5) is 0 Å². The third-order valence-corrected chi connectivity index (χ3v) is 6.24. The summed E-state index contributed by atoms with van der Waals surface area (Å²) in [6, 6.07) is 11.5. The molecule has 0 fully saturated rings. The van der Waals surface area contributed by atoms with Crippen LogP contribution in [-0.2, 0) is 4.79 Å². The summed E-state index contributed by atoms with van der Waals surface area (Å²) >= 11 is 1.36. The zero-order valence-corrected chi connectivity index (χ0v) is 20.2. The lowest BCUT2D eigenvalue weighted by Crippen LogP contribution is -2.33. The largest absolute Gasteiger partial charge is 0.490 e. The van der Waals surface area contributed by atoms with Gasteiger partial charge in [0, 0.05) is 12.1 Å². The first kappa shape index (κ1) is 23.1. The van der Waals surface area contributed by atoms with Gasteiger partial charge in [-0.3, -0.25) is 4.79 Å². The first-order valence-electron chi connectivity index (χ1n) is 11.1. The molecular weight excluding hydrogens is 438 g/mol. The number of fused-ring (bicyclic) bond motifs is 1. The second-order valence-electron chi connectivity index (χ2n) is 8.40. The third-order valence-electron chi connectivity index (χ3n) is 5.32. The van der Waals surface area contributed by atoms with Crippen molar-refractivity contribution in [2.24, 2.45) is 5.92 Å². The summed E-state index contributed by atoms with van der Waals surface area (Å²) in [4.78, 5) is 12.7. The summed E-state index contributed by atoms with van der Waals surface area (Å²) in [6.45, 7) is 9.37. The van der Waals surface area contributed by atoms with Crippen molar-refractivity contribution in [3.8, 4) is 17.3 Å². The van der Waals surface area contributed by atoms with E-state index in [-0.39, 0.29) is 23.6 Å². The predicted molar refractivity (Wildman–Crippen MR) is 127 cm³/mol. The Labute approximate surface area is 198 Å². The molecule has 3 aromatic rings. The topological polar surface area (TPSA) is 91.2 Å². The lowest BCUT2D eigenvalue weighted by molar-refractivity contribution is -0.119. The minimum atomic E-state index is -0.130. The summed E-state index contributed by atoms with van der Waals surface area (Å²) in [5.74, 6) is 2.55. The van der Waals surface area contributed by atoms with E-state index in [2.05, 4.69) is 34.5 Å². The average molecular weight is 468 g/mol. The maximum Gasteiger partial charge on any atom is 0.230 e. The number of carbonyl (C=O) groups is 1. The Morgan fingerprint density at radius 3 is 2.55 bits per heavy atom. The number of ether oxygens (including phenoxy) is 2. The zero-order chi connectivity index (χ0) is 23.4. The number of thioether (sulfide) groups is 1. The van der Waals surface area contributed by atoms with E-state index >= 15 is 0 Å². The van der Waals surface area contributed by atoms with E-state index in [1.165, 1.54) is 11.8 Å². The molecule has 0 bridgehead atoms. The predicted octanol–water partition coefficient (Wildman–Crippen LogP) is 4.05. The molecule has 1 aliphatic rings. The maximum absolute atomic E-state index is 12.7.